The third-order valence-electron chi connectivity index (χ3n) is 3.09. The molecule has 0 saturated carbocycles. The van der Waals surface area contributed by atoms with Crippen LogP contribution < -0.4 is 5.73 Å². The molecule has 2 N–H and O–H groups in total. The lowest BCUT2D eigenvalue weighted by atomic mass is 9.92. The van der Waals surface area contributed by atoms with Crippen molar-refractivity contribution in [3.63, 3.8) is 0 Å². The minimum absolute atomic E-state index is 0.327. The summed E-state index contributed by atoms with van der Waals surface area (Å²) in [5.74, 6) is -0.327. The van der Waals surface area contributed by atoms with Crippen LogP contribution >= 0.6 is 0 Å². The summed E-state index contributed by atoms with van der Waals surface area (Å²) in [7, 11) is 0. The van der Waals surface area contributed by atoms with Gasteiger partial charge in [0, 0.05) is 5.56 Å². The van der Waals surface area contributed by atoms with E-state index in [1.165, 1.54) is 24.8 Å². The normalized spacial score (nSPS) is 15.6. The SMILES string of the molecule is NC(=O)c1ccccc1CC1=CCCCC1. The van der Waals surface area contributed by atoms with Crippen molar-refractivity contribution in [3.8, 4) is 0 Å². The van der Waals surface area contributed by atoms with Gasteiger partial charge in [-0.15, -0.1) is 0 Å². The third-order valence-corrected chi connectivity index (χ3v) is 3.09. The number of carbonyl (C=O) groups excluding carboxylic acids is 1. The molecule has 1 aliphatic carbocycles. The summed E-state index contributed by atoms with van der Waals surface area (Å²) >= 11 is 0. The standard InChI is InChI=1S/C14H17NO/c15-14(16)13-9-5-4-8-12(13)10-11-6-2-1-3-7-11/h4-6,8-9H,1-3,7,10H2,(H2,15,16). The molecule has 84 valence electrons. The number of hydrogen-bond donors (Lipinski definition) is 1. The molecular weight excluding hydrogens is 198 g/mol. The van der Waals surface area contributed by atoms with Gasteiger partial charge in [0.1, 0.15) is 0 Å². The van der Waals surface area contributed by atoms with Gasteiger partial charge < -0.3 is 5.73 Å². The number of nitrogens with two attached hydrogens (primary N) is 1. The third kappa shape index (κ3) is 2.51. The first-order valence-electron chi connectivity index (χ1n) is 5.83. The molecule has 1 amide bonds. The smallest absolute Gasteiger partial charge is 0.248 e. The summed E-state index contributed by atoms with van der Waals surface area (Å²) in [4.78, 5) is 11.3. The molecule has 0 aliphatic heterocycles. The van der Waals surface area contributed by atoms with Gasteiger partial charge in [0.2, 0.25) is 5.91 Å². The molecule has 2 rings (SSSR count). The fourth-order valence-electron chi connectivity index (χ4n) is 2.22. The van der Waals surface area contributed by atoms with Crippen molar-refractivity contribution in [2.24, 2.45) is 5.73 Å². The summed E-state index contributed by atoms with van der Waals surface area (Å²) in [6.07, 6.45) is 8.08. The van der Waals surface area contributed by atoms with Crippen LogP contribution in [0.5, 0.6) is 0 Å². The van der Waals surface area contributed by atoms with Crippen LogP contribution in [0.25, 0.3) is 0 Å². The lowest BCUT2D eigenvalue weighted by molar-refractivity contribution is 0.0999. The van der Waals surface area contributed by atoms with Crippen LogP contribution in [0.2, 0.25) is 0 Å². The van der Waals surface area contributed by atoms with Crippen molar-refractivity contribution in [3.05, 3.63) is 47.0 Å². The number of primary amides is 1. The van der Waals surface area contributed by atoms with Gasteiger partial charge in [-0.25, -0.2) is 0 Å². The van der Waals surface area contributed by atoms with E-state index >= 15 is 0 Å². The number of amides is 1. The molecule has 2 nitrogen and oxygen atoms in total. The van der Waals surface area contributed by atoms with Gasteiger partial charge in [0.05, 0.1) is 0 Å². The van der Waals surface area contributed by atoms with Crippen molar-refractivity contribution >= 4 is 5.91 Å². The molecule has 0 aromatic heterocycles. The number of benzene rings is 1. The van der Waals surface area contributed by atoms with E-state index in [2.05, 4.69) is 6.08 Å². The van der Waals surface area contributed by atoms with E-state index in [1.807, 2.05) is 18.2 Å². The summed E-state index contributed by atoms with van der Waals surface area (Å²) in [6.45, 7) is 0. The molecule has 16 heavy (non-hydrogen) atoms. The lowest BCUT2D eigenvalue weighted by Gasteiger charge is -2.14. The molecular formula is C14H17NO. The fourth-order valence-corrected chi connectivity index (χ4v) is 2.22. The highest BCUT2D eigenvalue weighted by Crippen LogP contribution is 2.22. The van der Waals surface area contributed by atoms with E-state index in [1.54, 1.807) is 6.07 Å². The van der Waals surface area contributed by atoms with E-state index in [0.717, 1.165) is 18.4 Å². The lowest BCUT2D eigenvalue weighted by Crippen LogP contribution is -2.14. The first kappa shape index (κ1) is 10.9. The van der Waals surface area contributed by atoms with Gasteiger partial charge in [0.25, 0.3) is 0 Å². The maximum atomic E-state index is 11.3. The number of rotatable bonds is 3. The van der Waals surface area contributed by atoms with Gasteiger partial charge in [-0.3, -0.25) is 4.79 Å². The molecule has 0 heterocycles. The largest absolute Gasteiger partial charge is 0.366 e. The first-order valence-corrected chi connectivity index (χ1v) is 5.83. The van der Waals surface area contributed by atoms with E-state index in [9.17, 15) is 4.79 Å². The maximum Gasteiger partial charge on any atom is 0.248 e. The van der Waals surface area contributed by atoms with Gasteiger partial charge in [-0.1, -0.05) is 29.8 Å². The van der Waals surface area contributed by atoms with Crippen LogP contribution in [0.4, 0.5) is 0 Å². The highest BCUT2D eigenvalue weighted by Gasteiger charge is 2.10. The molecule has 1 aliphatic rings. The Balaban J connectivity index is 2.20. The summed E-state index contributed by atoms with van der Waals surface area (Å²) in [5.41, 5.74) is 8.53. The second-order valence-electron chi connectivity index (χ2n) is 4.31. The van der Waals surface area contributed by atoms with E-state index in [-0.39, 0.29) is 5.91 Å². The van der Waals surface area contributed by atoms with Crippen molar-refractivity contribution in [2.45, 2.75) is 32.1 Å². The monoisotopic (exact) mass is 215 g/mol. The highest BCUT2D eigenvalue weighted by atomic mass is 16.1. The average Bonchev–Trinajstić information content (AvgIpc) is 2.31. The van der Waals surface area contributed by atoms with Gasteiger partial charge in [0.15, 0.2) is 0 Å². The number of hydrogen-bond acceptors (Lipinski definition) is 1. The minimum atomic E-state index is -0.327. The Kier molecular flexibility index (Phi) is 3.40. The first-order chi connectivity index (χ1) is 7.77. The molecule has 2 heteroatoms. The van der Waals surface area contributed by atoms with Gasteiger partial charge in [-0.2, -0.15) is 0 Å². The molecule has 0 unspecified atom stereocenters. The van der Waals surface area contributed by atoms with E-state index < -0.39 is 0 Å². The zero-order valence-electron chi connectivity index (χ0n) is 9.41. The second-order valence-corrected chi connectivity index (χ2v) is 4.31. The zero-order chi connectivity index (χ0) is 11.4. The van der Waals surface area contributed by atoms with Crippen LogP contribution in [0, 0.1) is 0 Å². The van der Waals surface area contributed by atoms with E-state index in [4.69, 9.17) is 5.73 Å². The number of allylic oxidation sites excluding steroid dienone is 2. The quantitative estimate of drug-likeness (QED) is 0.774. The molecule has 0 atom stereocenters. The van der Waals surface area contributed by atoms with Crippen LogP contribution in [0.3, 0.4) is 0 Å². The number of carbonyl (C=O) groups is 1. The van der Waals surface area contributed by atoms with Gasteiger partial charge in [-0.05, 0) is 43.7 Å². The zero-order valence-corrected chi connectivity index (χ0v) is 9.41. The molecule has 0 radical (unpaired) electrons. The highest BCUT2D eigenvalue weighted by molar-refractivity contribution is 5.94. The van der Waals surface area contributed by atoms with E-state index in [0.29, 0.717) is 5.56 Å². The second kappa shape index (κ2) is 4.97. The van der Waals surface area contributed by atoms with Gasteiger partial charge >= 0.3 is 0 Å². The topological polar surface area (TPSA) is 43.1 Å². The minimum Gasteiger partial charge on any atom is -0.366 e. The predicted molar refractivity (Wildman–Crippen MR) is 65.2 cm³/mol. The predicted octanol–water partition coefficient (Wildman–Crippen LogP) is 2.83. The summed E-state index contributed by atoms with van der Waals surface area (Å²) < 4.78 is 0. The molecule has 1 aromatic rings. The molecule has 0 spiro atoms. The van der Waals surface area contributed by atoms with Crippen molar-refractivity contribution in [1.82, 2.24) is 0 Å². The summed E-state index contributed by atoms with van der Waals surface area (Å²) in [5, 5.41) is 0. The Labute approximate surface area is 96.2 Å². The Morgan fingerprint density at radius 1 is 1.25 bits per heavy atom. The molecule has 1 aromatic carbocycles. The fraction of sp³-hybridized carbons (Fsp3) is 0.357. The Morgan fingerprint density at radius 2 is 2.06 bits per heavy atom. The Morgan fingerprint density at radius 3 is 2.75 bits per heavy atom. The van der Waals surface area contributed by atoms with Crippen molar-refractivity contribution in [1.29, 1.82) is 0 Å². The summed E-state index contributed by atoms with van der Waals surface area (Å²) in [6, 6.07) is 7.63. The Hall–Kier alpha value is -1.57. The van der Waals surface area contributed by atoms with Crippen LogP contribution in [0.1, 0.15) is 41.6 Å². The van der Waals surface area contributed by atoms with Crippen LogP contribution in [-0.2, 0) is 6.42 Å². The molecule has 0 fully saturated rings. The molecule has 0 saturated heterocycles. The van der Waals surface area contributed by atoms with Crippen LogP contribution in [0.15, 0.2) is 35.9 Å². The molecule has 0 bridgehead atoms. The Bertz CT molecular complexity index is 420. The van der Waals surface area contributed by atoms with Crippen molar-refractivity contribution < 1.29 is 4.79 Å². The van der Waals surface area contributed by atoms with Crippen molar-refractivity contribution in [2.75, 3.05) is 0 Å². The average molecular weight is 215 g/mol. The maximum absolute atomic E-state index is 11.3. The van der Waals surface area contributed by atoms with Crippen LogP contribution in [-0.4, -0.2) is 5.91 Å².